The summed E-state index contributed by atoms with van der Waals surface area (Å²) in [7, 11) is 0. The van der Waals surface area contributed by atoms with E-state index in [0.717, 1.165) is 42.6 Å². The molecule has 2 aliphatic rings. The van der Waals surface area contributed by atoms with Crippen molar-refractivity contribution in [2.75, 3.05) is 18.0 Å². The Morgan fingerprint density at radius 2 is 2.17 bits per heavy atom. The van der Waals surface area contributed by atoms with E-state index in [1.807, 2.05) is 11.6 Å². The number of nitrogens with one attached hydrogen (secondary N) is 1. The molecule has 0 spiro atoms. The average Bonchev–Trinajstić information content (AvgIpc) is 3.26. The van der Waals surface area contributed by atoms with E-state index in [1.165, 1.54) is 0 Å². The molecule has 3 heterocycles. The highest BCUT2D eigenvalue weighted by molar-refractivity contribution is 7.13. The smallest absolute Gasteiger partial charge is 0.265 e. The molecule has 4 atom stereocenters. The van der Waals surface area contributed by atoms with Gasteiger partial charge < -0.3 is 15.3 Å². The van der Waals surface area contributed by atoms with E-state index < -0.39 is 6.10 Å². The van der Waals surface area contributed by atoms with Crippen molar-refractivity contribution in [2.45, 2.75) is 31.9 Å². The molecule has 24 heavy (non-hydrogen) atoms. The number of aryl methyl sites for hydroxylation is 1. The number of aromatic nitrogens is 3. The van der Waals surface area contributed by atoms with Gasteiger partial charge in [-0.3, -0.25) is 4.79 Å². The van der Waals surface area contributed by atoms with Crippen LogP contribution in [0.15, 0.2) is 11.6 Å². The Kier molecular flexibility index (Phi) is 4.23. The van der Waals surface area contributed by atoms with E-state index in [9.17, 15) is 9.90 Å². The molecule has 1 aliphatic heterocycles. The number of hydrogen-bond donors (Lipinski definition) is 2. The summed E-state index contributed by atoms with van der Waals surface area (Å²) in [5.74, 6) is 0.756. The molecule has 2 N–H and O–H groups in total. The average molecular weight is 365 g/mol. The number of aliphatic hydroxyl groups excluding tert-OH is 1. The van der Waals surface area contributed by atoms with Crippen LogP contribution in [0.25, 0.3) is 0 Å². The molecule has 1 saturated carbocycles. The summed E-state index contributed by atoms with van der Waals surface area (Å²) in [5.41, 5.74) is 0.636. The highest BCUT2D eigenvalue weighted by atomic mass is 32.1. The SMILES string of the molecule is Cc1nnsc1C(=O)N[C@H]1C[C@H]2CN(c3nccs3)C[C@H]2C[C@@H]1O. The minimum absolute atomic E-state index is 0.181. The fourth-order valence-corrected chi connectivity index (χ4v) is 5.01. The van der Waals surface area contributed by atoms with Crippen LogP contribution in [-0.4, -0.2) is 50.8 Å². The van der Waals surface area contributed by atoms with Gasteiger partial charge in [-0.2, -0.15) is 0 Å². The second-order valence-corrected chi connectivity index (χ2v) is 8.17. The molecule has 2 aromatic rings. The van der Waals surface area contributed by atoms with Gasteiger partial charge in [0.05, 0.1) is 17.8 Å². The summed E-state index contributed by atoms with van der Waals surface area (Å²) in [6.07, 6.45) is 2.83. The Morgan fingerprint density at radius 1 is 1.38 bits per heavy atom. The van der Waals surface area contributed by atoms with E-state index in [2.05, 4.69) is 24.8 Å². The van der Waals surface area contributed by atoms with Gasteiger partial charge in [0.2, 0.25) is 0 Å². The third-order valence-electron chi connectivity index (χ3n) is 5.01. The number of hydrogen-bond acceptors (Lipinski definition) is 8. The molecule has 2 fully saturated rings. The molecular weight excluding hydrogens is 346 g/mol. The van der Waals surface area contributed by atoms with E-state index in [0.29, 0.717) is 22.4 Å². The number of anilines is 1. The van der Waals surface area contributed by atoms with Crippen LogP contribution in [0.3, 0.4) is 0 Å². The van der Waals surface area contributed by atoms with Crippen LogP contribution in [0, 0.1) is 18.8 Å². The van der Waals surface area contributed by atoms with Gasteiger partial charge in [-0.05, 0) is 43.1 Å². The summed E-state index contributed by atoms with van der Waals surface area (Å²) in [6.45, 7) is 3.65. The predicted octanol–water partition coefficient (Wildman–Crippen LogP) is 1.31. The first kappa shape index (κ1) is 15.9. The van der Waals surface area contributed by atoms with Crippen molar-refractivity contribution in [3.8, 4) is 0 Å². The van der Waals surface area contributed by atoms with Crippen molar-refractivity contribution < 1.29 is 9.90 Å². The lowest BCUT2D eigenvalue weighted by Crippen LogP contribution is -2.49. The number of amides is 1. The number of carbonyl (C=O) groups excluding carboxylic acids is 1. The van der Waals surface area contributed by atoms with Crippen LogP contribution in [0.1, 0.15) is 28.2 Å². The monoisotopic (exact) mass is 365 g/mol. The van der Waals surface area contributed by atoms with Crippen molar-refractivity contribution in [2.24, 2.45) is 11.8 Å². The van der Waals surface area contributed by atoms with Gasteiger partial charge in [0, 0.05) is 24.7 Å². The lowest BCUT2D eigenvalue weighted by atomic mass is 9.77. The molecule has 0 unspecified atom stereocenters. The summed E-state index contributed by atoms with van der Waals surface area (Å²) in [5, 5.41) is 20.4. The normalized spacial score (nSPS) is 29.5. The largest absolute Gasteiger partial charge is 0.391 e. The molecule has 9 heteroatoms. The lowest BCUT2D eigenvalue weighted by Gasteiger charge is -2.35. The molecule has 1 aliphatic carbocycles. The first-order valence-electron chi connectivity index (χ1n) is 8.04. The molecule has 1 amide bonds. The Morgan fingerprint density at radius 3 is 2.83 bits per heavy atom. The van der Waals surface area contributed by atoms with Gasteiger partial charge in [0.25, 0.3) is 5.91 Å². The number of fused-ring (bicyclic) bond motifs is 1. The Bertz CT molecular complexity index is 719. The van der Waals surface area contributed by atoms with Crippen LogP contribution in [0.2, 0.25) is 0 Å². The maximum atomic E-state index is 12.4. The van der Waals surface area contributed by atoms with E-state index >= 15 is 0 Å². The molecule has 128 valence electrons. The minimum atomic E-state index is -0.507. The van der Waals surface area contributed by atoms with Crippen molar-refractivity contribution in [1.29, 1.82) is 0 Å². The molecule has 2 aromatic heterocycles. The third-order valence-corrected chi connectivity index (χ3v) is 6.66. The highest BCUT2D eigenvalue weighted by Gasteiger charge is 2.42. The van der Waals surface area contributed by atoms with Crippen LogP contribution in [-0.2, 0) is 0 Å². The molecule has 0 bridgehead atoms. The van der Waals surface area contributed by atoms with Crippen molar-refractivity contribution in [1.82, 2.24) is 19.9 Å². The maximum Gasteiger partial charge on any atom is 0.265 e. The highest BCUT2D eigenvalue weighted by Crippen LogP contribution is 2.39. The molecule has 4 rings (SSSR count). The van der Waals surface area contributed by atoms with Crippen LogP contribution >= 0.6 is 22.9 Å². The fourth-order valence-electron chi connectivity index (χ4n) is 3.79. The second-order valence-electron chi connectivity index (χ2n) is 6.55. The van der Waals surface area contributed by atoms with Crippen LogP contribution < -0.4 is 10.2 Å². The first-order valence-corrected chi connectivity index (χ1v) is 9.69. The van der Waals surface area contributed by atoms with E-state index in [4.69, 9.17) is 0 Å². The van der Waals surface area contributed by atoms with Crippen molar-refractivity contribution in [3.63, 3.8) is 0 Å². The molecule has 0 aromatic carbocycles. The van der Waals surface area contributed by atoms with Gasteiger partial charge in [-0.25, -0.2) is 4.98 Å². The zero-order valence-corrected chi connectivity index (χ0v) is 14.9. The van der Waals surface area contributed by atoms with Gasteiger partial charge in [0.1, 0.15) is 4.88 Å². The standard InChI is InChI=1S/C15H19N5O2S2/c1-8-13(24-19-18-8)14(22)17-11-4-9-6-20(15-16-2-3-23-15)7-10(9)5-12(11)21/h2-3,9-12,21H,4-7H2,1H3,(H,17,22)/t9-,10+,11-,12-/m0/s1. The Labute approximate surface area is 147 Å². The number of nitrogens with zero attached hydrogens (tertiary/aromatic N) is 4. The second kappa shape index (κ2) is 6.38. The summed E-state index contributed by atoms with van der Waals surface area (Å²) in [4.78, 5) is 19.6. The molecule has 7 nitrogen and oxygen atoms in total. The zero-order valence-electron chi connectivity index (χ0n) is 13.3. The number of thiazole rings is 1. The maximum absolute atomic E-state index is 12.4. The van der Waals surface area contributed by atoms with E-state index in [1.54, 1.807) is 18.3 Å². The Hall–Kier alpha value is -1.58. The summed E-state index contributed by atoms with van der Waals surface area (Å²) >= 11 is 2.74. The quantitative estimate of drug-likeness (QED) is 0.852. The van der Waals surface area contributed by atoms with Gasteiger partial charge >= 0.3 is 0 Å². The summed E-state index contributed by atoms with van der Waals surface area (Å²) < 4.78 is 3.80. The number of carbonyl (C=O) groups is 1. The molecular formula is C15H19N5O2S2. The van der Waals surface area contributed by atoms with Gasteiger partial charge in [-0.15, -0.1) is 16.4 Å². The molecule has 1 saturated heterocycles. The van der Waals surface area contributed by atoms with Gasteiger partial charge in [-0.1, -0.05) is 4.49 Å². The zero-order chi connectivity index (χ0) is 16.7. The van der Waals surface area contributed by atoms with Crippen molar-refractivity contribution in [3.05, 3.63) is 22.1 Å². The topological polar surface area (TPSA) is 91.2 Å². The third kappa shape index (κ3) is 2.91. The fraction of sp³-hybridized carbons (Fsp3) is 0.600. The lowest BCUT2D eigenvalue weighted by molar-refractivity contribution is 0.0463. The van der Waals surface area contributed by atoms with Crippen LogP contribution in [0.4, 0.5) is 5.13 Å². The predicted molar refractivity (Wildman–Crippen MR) is 92.4 cm³/mol. The Balaban J connectivity index is 1.42. The first-order chi connectivity index (χ1) is 11.6. The summed E-state index contributed by atoms with van der Waals surface area (Å²) in [6, 6.07) is -0.212. The minimum Gasteiger partial charge on any atom is -0.391 e. The molecule has 0 radical (unpaired) electrons. The van der Waals surface area contributed by atoms with Gasteiger partial charge in [0.15, 0.2) is 5.13 Å². The number of aliphatic hydroxyl groups is 1. The van der Waals surface area contributed by atoms with Crippen molar-refractivity contribution >= 4 is 33.9 Å². The van der Waals surface area contributed by atoms with Crippen LogP contribution in [0.5, 0.6) is 0 Å². The number of rotatable bonds is 3. The van der Waals surface area contributed by atoms with E-state index in [-0.39, 0.29) is 11.9 Å².